The second kappa shape index (κ2) is 5.60. The van der Waals surface area contributed by atoms with Gasteiger partial charge in [-0.05, 0) is 35.7 Å². The lowest BCUT2D eigenvalue weighted by Gasteiger charge is -2.09. The number of aromatic nitrogens is 1. The van der Waals surface area contributed by atoms with Crippen molar-refractivity contribution >= 4 is 15.9 Å². The molecule has 0 aliphatic rings. The molecule has 0 bridgehead atoms. The molecular formula is C14H11BrN2. The van der Waals surface area contributed by atoms with E-state index in [0.717, 1.165) is 15.6 Å². The molecular weight excluding hydrogens is 276 g/mol. The standard InChI is InChI=1S/C14H11BrN2/c15-14-5-1-3-11(8-14)7-13(9-16)12-4-2-6-17-10-12/h1-6,8,10,13H,7H2. The second-order valence-electron chi connectivity index (χ2n) is 3.80. The minimum atomic E-state index is -0.141. The molecule has 0 spiro atoms. The molecule has 84 valence electrons. The molecule has 0 aliphatic heterocycles. The maximum absolute atomic E-state index is 9.22. The van der Waals surface area contributed by atoms with Gasteiger partial charge in [0.25, 0.3) is 0 Å². The van der Waals surface area contributed by atoms with Crippen LogP contribution >= 0.6 is 15.9 Å². The quantitative estimate of drug-likeness (QED) is 0.863. The molecule has 1 aromatic carbocycles. The highest BCUT2D eigenvalue weighted by molar-refractivity contribution is 9.10. The molecule has 1 unspecified atom stereocenters. The summed E-state index contributed by atoms with van der Waals surface area (Å²) in [6, 6.07) is 14.2. The molecule has 17 heavy (non-hydrogen) atoms. The van der Waals surface area contributed by atoms with Crippen LogP contribution in [0.1, 0.15) is 17.0 Å². The van der Waals surface area contributed by atoms with E-state index in [0.29, 0.717) is 6.42 Å². The SMILES string of the molecule is N#CC(Cc1cccc(Br)c1)c1cccnc1. The van der Waals surface area contributed by atoms with Crippen LogP contribution in [0, 0.1) is 11.3 Å². The summed E-state index contributed by atoms with van der Waals surface area (Å²) in [7, 11) is 0. The third-order valence-corrected chi connectivity index (χ3v) is 3.06. The Morgan fingerprint density at radius 1 is 1.29 bits per heavy atom. The van der Waals surface area contributed by atoms with Gasteiger partial charge in [-0.3, -0.25) is 4.98 Å². The molecule has 0 N–H and O–H groups in total. The van der Waals surface area contributed by atoms with Gasteiger partial charge >= 0.3 is 0 Å². The molecule has 2 nitrogen and oxygen atoms in total. The Kier molecular flexibility index (Phi) is 3.89. The van der Waals surface area contributed by atoms with E-state index in [4.69, 9.17) is 0 Å². The molecule has 0 aliphatic carbocycles. The number of pyridine rings is 1. The average Bonchev–Trinajstić information content (AvgIpc) is 2.37. The molecule has 1 aromatic heterocycles. The van der Waals surface area contributed by atoms with Gasteiger partial charge in [-0.2, -0.15) is 5.26 Å². The van der Waals surface area contributed by atoms with E-state index in [2.05, 4.69) is 27.0 Å². The van der Waals surface area contributed by atoms with Gasteiger partial charge in [-0.15, -0.1) is 0 Å². The smallest absolute Gasteiger partial charge is 0.0767 e. The fraction of sp³-hybridized carbons (Fsp3) is 0.143. The monoisotopic (exact) mass is 286 g/mol. The van der Waals surface area contributed by atoms with Crippen LogP contribution in [0.3, 0.4) is 0 Å². The fourth-order valence-electron chi connectivity index (χ4n) is 1.72. The zero-order valence-electron chi connectivity index (χ0n) is 9.18. The summed E-state index contributed by atoms with van der Waals surface area (Å²) in [5, 5.41) is 9.22. The van der Waals surface area contributed by atoms with Gasteiger partial charge in [0.2, 0.25) is 0 Å². The van der Waals surface area contributed by atoms with Crippen molar-refractivity contribution in [2.75, 3.05) is 0 Å². The van der Waals surface area contributed by atoms with E-state index in [-0.39, 0.29) is 5.92 Å². The maximum Gasteiger partial charge on any atom is 0.0767 e. The van der Waals surface area contributed by atoms with E-state index in [9.17, 15) is 5.26 Å². The van der Waals surface area contributed by atoms with Gasteiger partial charge < -0.3 is 0 Å². The van der Waals surface area contributed by atoms with Gasteiger partial charge in [0.15, 0.2) is 0 Å². The minimum absolute atomic E-state index is 0.141. The zero-order chi connectivity index (χ0) is 12.1. The number of rotatable bonds is 3. The van der Waals surface area contributed by atoms with Gasteiger partial charge in [0, 0.05) is 16.9 Å². The summed E-state index contributed by atoms with van der Waals surface area (Å²) in [6.45, 7) is 0. The van der Waals surface area contributed by atoms with Crippen molar-refractivity contribution in [1.29, 1.82) is 5.26 Å². The third kappa shape index (κ3) is 3.15. The van der Waals surface area contributed by atoms with Gasteiger partial charge in [-0.25, -0.2) is 0 Å². The molecule has 0 saturated heterocycles. The number of hydrogen-bond donors (Lipinski definition) is 0. The van der Waals surface area contributed by atoms with E-state index >= 15 is 0 Å². The van der Waals surface area contributed by atoms with Gasteiger partial charge in [-0.1, -0.05) is 34.1 Å². The summed E-state index contributed by atoms with van der Waals surface area (Å²) < 4.78 is 1.04. The number of halogens is 1. The Hall–Kier alpha value is -1.66. The van der Waals surface area contributed by atoms with Crippen molar-refractivity contribution < 1.29 is 0 Å². The van der Waals surface area contributed by atoms with E-state index < -0.39 is 0 Å². The normalized spacial score (nSPS) is 11.8. The maximum atomic E-state index is 9.22. The van der Waals surface area contributed by atoms with Crippen LogP contribution < -0.4 is 0 Å². The van der Waals surface area contributed by atoms with Crippen LogP contribution in [-0.4, -0.2) is 4.98 Å². The van der Waals surface area contributed by atoms with Crippen LogP contribution in [0.5, 0.6) is 0 Å². The molecule has 1 heterocycles. The van der Waals surface area contributed by atoms with Crippen LogP contribution in [0.2, 0.25) is 0 Å². The summed E-state index contributed by atoms with van der Waals surface area (Å²) in [4.78, 5) is 4.05. The Morgan fingerprint density at radius 3 is 2.82 bits per heavy atom. The number of hydrogen-bond acceptors (Lipinski definition) is 2. The van der Waals surface area contributed by atoms with E-state index in [1.807, 2.05) is 36.4 Å². The summed E-state index contributed by atoms with van der Waals surface area (Å²) in [6.07, 6.45) is 4.19. The Bertz CT molecular complexity index is 531. The number of nitriles is 1. The first-order valence-electron chi connectivity index (χ1n) is 5.33. The van der Waals surface area contributed by atoms with Crippen molar-refractivity contribution in [3.8, 4) is 6.07 Å². The summed E-state index contributed by atoms with van der Waals surface area (Å²) >= 11 is 3.43. The topological polar surface area (TPSA) is 36.7 Å². The molecule has 1 atom stereocenters. The van der Waals surface area contributed by atoms with Crippen LogP contribution in [-0.2, 0) is 6.42 Å². The van der Waals surface area contributed by atoms with Crippen LogP contribution in [0.4, 0.5) is 0 Å². The first-order valence-corrected chi connectivity index (χ1v) is 6.13. The van der Waals surface area contributed by atoms with E-state index in [1.165, 1.54) is 0 Å². The van der Waals surface area contributed by atoms with E-state index in [1.54, 1.807) is 12.4 Å². The molecule has 0 radical (unpaired) electrons. The molecule has 2 rings (SSSR count). The highest BCUT2D eigenvalue weighted by atomic mass is 79.9. The molecule has 3 heteroatoms. The largest absolute Gasteiger partial charge is 0.264 e. The lowest BCUT2D eigenvalue weighted by Crippen LogP contribution is -2.00. The predicted molar refractivity (Wildman–Crippen MR) is 70.4 cm³/mol. The molecule has 2 aromatic rings. The first-order chi connectivity index (χ1) is 8.29. The second-order valence-corrected chi connectivity index (χ2v) is 4.72. The molecule has 0 fully saturated rings. The predicted octanol–water partition coefficient (Wildman–Crippen LogP) is 3.69. The van der Waals surface area contributed by atoms with Crippen molar-refractivity contribution in [3.05, 3.63) is 64.4 Å². The Balaban J connectivity index is 2.20. The van der Waals surface area contributed by atoms with Gasteiger partial charge in [0.05, 0.1) is 12.0 Å². The average molecular weight is 287 g/mol. The summed E-state index contributed by atoms with van der Waals surface area (Å²) in [5.41, 5.74) is 2.12. The number of benzene rings is 1. The first kappa shape index (κ1) is 11.8. The van der Waals surface area contributed by atoms with Crippen molar-refractivity contribution in [3.63, 3.8) is 0 Å². The zero-order valence-corrected chi connectivity index (χ0v) is 10.8. The lowest BCUT2D eigenvalue weighted by atomic mass is 9.94. The summed E-state index contributed by atoms with van der Waals surface area (Å²) in [5.74, 6) is -0.141. The lowest BCUT2D eigenvalue weighted by molar-refractivity contribution is 0.842. The van der Waals surface area contributed by atoms with Crippen molar-refractivity contribution in [2.24, 2.45) is 0 Å². The fourth-order valence-corrected chi connectivity index (χ4v) is 2.17. The highest BCUT2D eigenvalue weighted by Gasteiger charge is 2.11. The minimum Gasteiger partial charge on any atom is -0.264 e. The Labute approximate surface area is 109 Å². The van der Waals surface area contributed by atoms with Crippen molar-refractivity contribution in [1.82, 2.24) is 4.98 Å². The highest BCUT2D eigenvalue weighted by Crippen LogP contribution is 2.21. The van der Waals surface area contributed by atoms with Crippen LogP contribution in [0.25, 0.3) is 0 Å². The molecule has 0 amide bonds. The third-order valence-electron chi connectivity index (χ3n) is 2.57. The van der Waals surface area contributed by atoms with Gasteiger partial charge in [0.1, 0.15) is 0 Å². The number of nitrogens with zero attached hydrogens (tertiary/aromatic N) is 2. The molecule has 0 saturated carbocycles. The van der Waals surface area contributed by atoms with Crippen molar-refractivity contribution in [2.45, 2.75) is 12.3 Å². The van der Waals surface area contributed by atoms with Crippen LogP contribution in [0.15, 0.2) is 53.3 Å². The Morgan fingerprint density at radius 2 is 2.18 bits per heavy atom.